The number of hydrogen-bond acceptors (Lipinski definition) is 3. The van der Waals surface area contributed by atoms with Crippen LogP contribution in [0.2, 0.25) is 0 Å². The molecule has 0 aliphatic rings. The number of anilines is 1. The lowest BCUT2D eigenvalue weighted by Crippen LogP contribution is -2.22. The number of halogens is 2. The van der Waals surface area contributed by atoms with Crippen LogP contribution in [0, 0.1) is 13.8 Å². The topological polar surface area (TPSA) is 68.9 Å². The minimum absolute atomic E-state index is 0.0405. The molecular weight excluding hydrogens is 328 g/mol. The first-order chi connectivity index (χ1) is 11.9. The van der Waals surface area contributed by atoms with Crippen LogP contribution < -0.4 is 20.5 Å². The van der Waals surface area contributed by atoms with Gasteiger partial charge in [0.2, 0.25) is 0 Å². The summed E-state index contributed by atoms with van der Waals surface area (Å²) in [5, 5.41) is 2.99. The smallest absolute Gasteiger partial charge is 0.387 e. The van der Waals surface area contributed by atoms with Crippen molar-refractivity contribution in [2.75, 3.05) is 12.4 Å². The van der Waals surface area contributed by atoms with Crippen molar-refractivity contribution in [3.05, 3.63) is 53.1 Å². The van der Waals surface area contributed by atoms with Crippen molar-refractivity contribution in [2.45, 2.75) is 27.0 Å². The van der Waals surface area contributed by atoms with Crippen molar-refractivity contribution in [2.24, 2.45) is 10.7 Å². The minimum atomic E-state index is -2.91. The molecule has 0 bridgehead atoms. The van der Waals surface area contributed by atoms with E-state index in [1.54, 1.807) is 12.1 Å². The molecule has 5 nitrogen and oxygen atoms in total. The molecular formula is C18H21F2N3O2. The molecule has 0 amide bonds. The van der Waals surface area contributed by atoms with Gasteiger partial charge in [-0.15, -0.1) is 0 Å². The Labute approximate surface area is 145 Å². The van der Waals surface area contributed by atoms with Gasteiger partial charge >= 0.3 is 6.61 Å². The number of nitrogens with two attached hydrogens (primary N) is 1. The maximum absolute atomic E-state index is 12.5. The van der Waals surface area contributed by atoms with E-state index in [-0.39, 0.29) is 18.3 Å². The number of nitrogens with one attached hydrogen (secondary N) is 1. The van der Waals surface area contributed by atoms with Gasteiger partial charge in [0.1, 0.15) is 11.5 Å². The number of aryl methyl sites for hydroxylation is 2. The van der Waals surface area contributed by atoms with E-state index in [1.807, 2.05) is 32.0 Å². The number of hydrogen-bond donors (Lipinski definition) is 2. The Morgan fingerprint density at radius 2 is 1.84 bits per heavy atom. The zero-order chi connectivity index (χ0) is 18.4. The van der Waals surface area contributed by atoms with Gasteiger partial charge in [-0.3, -0.25) is 0 Å². The van der Waals surface area contributed by atoms with E-state index < -0.39 is 6.61 Å². The van der Waals surface area contributed by atoms with E-state index in [9.17, 15) is 8.78 Å². The summed E-state index contributed by atoms with van der Waals surface area (Å²) >= 11 is 0. The summed E-state index contributed by atoms with van der Waals surface area (Å²) in [6, 6.07) is 10.5. The Kier molecular flexibility index (Phi) is 6.16. The van der Waals surface area contributed by atoms with E-state index in [1.165, 1.54) is 13.2 Å². The van der Waals surface area contributed by atoms with Crippen LogP contribution in [0.1, 0.15) is 16.7 Å². The normalized spacial score (nSPS) is 11.5. The highest BCUT2D eigenvalue weighted by Gasteiger charge is 2.11. The number of rotatable bonds is 6. The molecule has 0 fully saturated rings. The van der Waals surface area contributed by atoms with Crippen molar-refractivity contribution in [1.82, 2.24) is 0 Å². The molecule has 7 heteroatoms. The van der Waals surface area contributed by atoms with Gasteiger partial charge in [-0.2, -0.15) is 8.78 Å². The highest BCUT2D eigenvalue weighted by atomic mass is 19.3. The van der Waals surface area contributed by atoms with Crippen LogP contribution in [0.3, 0.4) is 0 Å². The number of alkyl halides is 2. The molecule has 0 radical (unpaired) electrons. The molecule has 0 aromatic heterocycles. The predicted molar refractivity (Wildman–Crippen MR) is 94.5 cm³/mol. The molecule has 25 heavy (non-hydrogen) atoms. The maximum atomic E-state index is 12.5. The molecule has 0 saturated carbocycles. The Balaban J connectivity index is 2.15. The zero-order valence-corrected chi connectivity index (χ0v) is 14.3. The van der Waals surface area contributed by atoms with E-state index in [0.29, 0.717) is 11.3 Å². The Morgan fingerprint density at radius 1 is 1.16 bits per heavy atom. The molecule has 0 atom stereocenters. The summed E-state index contributed by atoms with van der Waals surface area (Å²) in [5.74, 6) is 0.738. The van der Waals surface area contributed by atoms with Crippen LogP contribution in [0.25, 0.3) is 0 Å². The second-order valence-corrected chi connectivity index (χ2v) is 5.56. The summed E-state index contributed by atoms with van der Waals surface area (Å²) in [7, 11) is 1.49. The summed E-state index contributed by atoms with van der Waals surface area (Å²) < 4.78 is 34.6. The molecule has 0 spiro atoms. The van der Waals surface area contributed by atoms with Crippen molar-refractivity contribution in [3.8, 4) is 11.5 Å². The average Bonchev–Trinajstić information content (AvgIpc) is 2.52. The third-order valence-corrected chi connectivity index (χ3v) is 3.40. The van der Waals surface area contributed by atoms with Crippen molar-refractivity contribution in [3.63, 3.8) is 0 Å². The molecule has 0 unspecified atom stereocenters. The first-order valence-electron chi connectivity index (χ1n) is 7.64. The summed E-state index contributed by atoms with van der Waals surface area (Å²) in [6.07, 6.45) is 0. The van der Waals surface area contributed by atoms with E-state index in [4.69, 9.17) is 10.5 Å². The fourth-order valence-corrected chi connectivity index (χ4v) is 2.42. The molecule has 2 rings (SSSR count). The molecule has 0 aliphatic heterocycles. The number of guanidine groups is 1. The standard InChI is InChI=1S/C18H21F2N3O2/c1-11-6-12(2)8-14(7-11)23-18(21)22-10-13-9-15(24-3)4-5-16(13)25-17(19)20/h4-9,17H,10H2,1-3H3,(H3,21,22,23). The zero-order valence-electron chi connectivity index (χ0n) is 14.3. The molecule has 0 saturated heterocycles. The number of methoxy groups -OCH3 is 1. The fraction of sp³-hybridized carbons (Fsp3) is 0.278. The van der Waals surface area contributed by atoms with Gasteiger partial charge in [-0.05, 0) is 55.3 Å². The lowest BCUT2D eigenvalue weighted by molar-refractivity contribution is -0.0504. The number of benzene rings is 2. The lowest BCUT2D eigenvalue weighted by Gasteiger charge is -2.12. The van der Waals surface area contributed by atoms with Crippen molar-refractivity contribution in [1.29, 1.82) is 0 Å². The van der Waals surface area contributed by atoms with E-state index in [2.05, 4.69) is 15.0 Å². The minimum Gasteiger partial charge on any atom is -0.497 e. The van der Waals surface area contributed by atoms with Gasteiger partial charge < -0.3 is 20.5 Å². The monoisotopic (exact) mass is 349 g/mol. The second-order valence-electron chi connectivity index (χ2n) is 5.56. The molecule has 0 heterocycles. The number of nitrogens with zero attached hydrogens (tertiary/aromatic N) is 1. The third-order valence-electron chi connectivity index (χ3n) is 3.40. The highest BCUT2D eigenvalue weighted by Crippen LogP contribution is 2.26. The molecule has 2 aromatic rings. The van der Waals surface area contributed by atoms with E-state index in [0.717, 1.165) is 16.8 Å². The van der Waals surface area contributed by atoms with E-state index >= 15 is 0 Å². The van der Waals surface area contributed by atoms with Crippen LogP contribution in [0.4, 0.5) is 14.5 Å². The summed E-state index contributed by atoms with van der Waals surface area (Å²) in [5.41, 5.74) is 9.34. The predicted octanol–water partition coefficient (Wildman–Crippen LogP) is 3.84. The molecule has 134 valence electrons. The SMILES string of the molecule is COc1ccc(OC(F)F)c(CN=C(N)Nc2cc(C)cc(C)c2)c1. The lowest BCUT2D eigenvalue weighted by atomic mass is 10.1. The number of ether oxygens (including phenoxy) is 2. The van der Waals surface area contributed by atoms with Crippen molar-refractivity contribution >= 4 is 11.6 Å². The summed E-state index contributed by atoms with van der Waals surface area (Å²) in [6.45, 7) is 1.12. The largest absolute Gasteiger partial charge is 0.497 e. The third kappa shape index (κ3) is 5.63. The molecule has 3 N–H and O–H groups in total. The van der Waals surface area contributed by atoms with Gasteiger partial charge in [0.15, 0.2) is 5.96 Å². The Hall–Kier alpha value is -2.83. The van der Waals surface area contributed by atoms with Gasteiger partial charge in [0.25, 0.3) is 0 Å². The van der Waals surface area contributed by atoms with Gasteiger partial charge in [-0.1, -0.05) is 6.07 Å². The summed E-state index contributed by atoms with van der Waals surface area (Å²) in [4.78, 5) is 4.20. The van der Waals surface area contributed by atoms with Gasteiger partial charge in [-0.25, -0.2) is 4.99 Å². The highest BCUT2D eigenvalue weighted by molar-refractivity contribution is 5.92. The fourth-order valence-electron chi connectivity index (χ4n) is 2.42. The second kappa shape index (κ2) is 8.32. The molecule has 0 aliphatic carbocycles. The first kappa shape index (κ1) is 18.5. The van der Waals surface area contributed by atoms with Crippen molar-refractivity contribution < 1.29 is 18.3 Å². The van der Waals surface area contributed by atoms with Crippen LogP contribution in [-0.4, -0.2) is 19.7 Å². The Bertz CT molecular complexity index is 744. The molecule has 2 aromatic carbocycles. The Morgan fingerprint density at radius 3 is 2.44 bits per heavy atom. The average molecular weight is 349 g/mol. The maximum Gasteiger partial charge on any atom is 0.387 e. The van der Waals surface area contributed by atoms with Crippen LogP contribution in [0.15, 0.2) is 41.4 Å². The van der Waals surface area contributed by atoms with Gasteiger partial charge in [0, 0.05) is 11.3 Å². The quantitative estimate of drug-likeness (QED) is 0.614. The van der Waals surface area contributed by atoms with Crippen LogP contribution >= 0.6 is 0 Å². The first-order valence-corrected chi connectivity index (χ1v) is 7.64. The van der Waals surface area contributed by atoms with Gasteiger partial charge in [0.05, 0.1) is 13.7 Å². The number of aliphatic imine (C=N–C) groups is 1. The van der Waals surface area contributed by atoms with Crippen LogP contribution in [0.5, 0.6) is 11.5 Å². The van der Waals surface area contributed by atoms with Crippen LogP contribution in [-0.2, 0) is 6.54 Å².